The summed E-state index contributed by atoms with van der Waals surface area (Å²) in [6.45, 7) is 3.49. The van der Waals surface area contributed by atoms with E-state index < -0.39 is 5.56 Å². The Morgan fingerprint density at radius 2 is 1.64 bits per heavy atom. The summed E-state index contributed by atoms with van der Waals surface area (Å²) < 4.78 is 1.42. The van der Waals surface area contributed by atoms with Crippen molar-refractivity contribution in [3.63, 3.8) is 0 Å². The predicted molar refractivity (Wildman–Crippen MR) is 130 cm³/mol. The van der Waals surface area contributed by atoms with Crippen LogP contribution < -0.4 is 16.2 Å². The average molecular weight is 441 g/mol. The zero-order valence-electron chi connectivity index (χ0n) is 18.5. The molecule has 4 aromatic rings. The van der Waals surface area contributed by atoms with Crippen LogP contribution in [-0.2, 0) is 16.1 Å². The van der Waals surface area contributed by atoms with Crippen molar-refractivity contribution in [1.82, 2.24) is 9.55 Å². The van der Waals surface area contributed by atoms with Crippen LogP contribution in [-0.4, -0.2) is 21.4 Å². The van der Waals surface area contributed by atoms with Crippen molar-refractivity contribution in [2.24, 2.45) is 0 Å². The van der Waals surface area contributed by atoms with E-state index >= 15 is 0 Å². The zero-order chi connectivity index (χ0) is 23.4. The summed E-state index contributed by atoms with van der Waals surface area (Å²) in [5.74, 6) is -0.488. The second-order valence-electron chi connectivity index (χ2n) is 7.71. The number of rotatable bonds is 6. The van der Waals surface area contributed by atoms with Gasteiger partial charge in [0.2, 0.25) is 11.8 Å². The van der Waals surface area contributed by atoms with E-state index in [2.05, 4.69) is 15.6 Å². The van der Waals surface area contributed by atoms with Crippen LogP contribution in [0.5, 0.6) is 0 Å². The molecule has 0 aliphatic heterocycles. The molecular weight excluding hydrogens is 416 g/mol. The van der Waals surface area contributed by atoms with E-state index in [0.29, 0.717) is 34.4 Å². The van der Waals surface area contributed by atoms with Gasteiger partial charge in [-0.05, 0) is 43.3 Å². The number of nitrogens with zero attached hydrogens (tertiary/aromatic N) is 2. The summed E-state index contributed by atoms with van der Waals surface area (Å²) in [7, 11) is 0. The minimum absolute atomic E-state index is 0.163. The Bertz CT molecular complexity index is 1390. The van der Waals surface area contributed by atoms with Gasteiger partial charge in [-0.1, -0.05) is 48.9 Å². The highest BCUT2D eigenvalue weighted by Gasteiger charge is 2.18. The van der Waals surface area contributed by atoms with E-state index in [1.54, 1.807) is 43.3 Å². The molecule has 0 radical (unpaired) electrons. The Labute approximate surface area is 191 Å². The van der Waals surface area contributed by atoms with Gasteiger partial charge in [-0.2, -0.15) is 0 Å². The van der Waals surface area contributed by atoms with Crippen LogP contribution in [0.1, 0.15) is 18.9 Å². The summed E-state index contributed by atoms with van der Waals surface area (Å²) in [6, 6.07) is 21.7. The van der Waals surface area contributed by atoms with E-state index in [0.717, 1.165) is 5.56 Å². The molecule has 2 N–H and O–H groups in total. The van der Waals surface area contributed by atoms with Crippen molar-refractivity contribution in [1.29, 1.82) is 0 Å². The molecular formula is C26H24N4O3. The fourth-order valence-electron chi connectivity index (χ4n) is 3.59. The van der Waals surface area contributed by atoms with Crippen LogP contribution in [0.4, 0.5) is 11.4 Å². The molecule has 0 aliphatic rings. The monoisotopic (exact) mass is 440 g/mol. The predicted octanol–water partition coefficient (Wildman–Crippen LogP) is 4.36. The van der Waals surface area contributed by atoms with Gasteiger partial charge in [0.1, 0.15) is 12.2 Å². The molecule has 0 spiro atoms. The van der Waals surface area contributed by atoms with Crippen molar-refractivity contribution < 1.29 is 9.59 Å². The molecule has 0 unspecified atom stereocenters. The fraction of sp³-hybridized carbons (Fsp3) is 0.154. The van der Waals surface area contributed by atoms with Gasteiger partial charge in [0.05, 0.1) is 16.7 Å². The van der Waals surface area contributed by atoms with Crippen molar-refractivity contribution in [2.75, 3.05) is 10.6 Å². The summed E-state index contributed by atoms with van der Waals surface area (Å²) in [6.07, 6.45) is 0.308. The topological polar surface area (TPSA) is 93.1 Å². The minimum atomic E-state index is -0.408. The van der Waals surface area contributed by atoms with Crippen molar-refractivity contribution in [2.45, 2.75) is 26.8 Å². The highest BCUT2D eigenvalue weighted by atomic mass is 16.2. The first-order valence-electron chi connectivity index (χ1n) is 10.7. The Morgan fingerprint density at radius 1 is 0.909 bits per heavy atom. The number of aromatic nitrogens is 2. The maximum Gasteiger partial charge on any atom is 0.278 e. The van der Waals surface area contributed by atoms with E-state index in [1.807, 2.05) is 43.3 Å². The molecule has 166 valence electrons. The third-order valence-electron chi connectivity index (χ3n) is 5.24. The van der Waals surface area contributed by atoms with Crippen molar-refractivity contribution >= 4 is 34.2 Å². The Kier molecular flexibility index (Phi) is 6.31. The molecule has 1 aromatic heterocycles. The number of carbonyl (C=O) groups excluding carboxylic acids is 2. The average Bonchev–Trinajstić information content (AvgIpc) is 2.82. The van der Waals surface area contributed by atoms with Gasteiger partial charge in [-0.15, -0.1) is 0 Å². The number of benzene rings is 3. The number of aryl methyl sites for hydroxylation is 1. The fourth-order valence-corrected chi connectivity index (χ4v) is 3.59. The van der Waals surface area contributed by atoms with Gasteiger partial charge in [-0.3, -0.25) is 19.0 Å². The van der Waals surface area contributed by atoms with Gasteiger partial charge in [0.25, 0.3) is 5.56 Å². The number of hydrogen-bond acceptors (Lipinski definition) is 4. The highest BCUT2D eigenvalue weighted by molar-refractivity contribution is 5.96. The molecule has 0 atom stereocenters. The first kappa shape index (κ1) is 22.0. The maximum atomic E-state index is 13.6. The van der Waals surface area contributed by atoms with Crippen LogP contribution >= 0.6 is 0 Å². The molecule has 0 bridgehead atoms. The van der Waals surface area contributed by atoms with Gasteiger partial charge in [0.15, 0.2) is 0 Å². The Morgan fingerprint density at radius 3 is 2.39 bits per heavy atom. The van der Waals surface area contributed by atoms with E-state index in [4.69, 9.17) is 0 Å². The van der Waals surface area contributed by atoms with Gasteiger partial charge in [-0.25, -0.2) is 4.98 Å². The summed E-state index contributed by atoms with van der Waals surface area (Å²) >= 11 is 0. The lowest BCUT2D eigenvalue weighted by Gasteiger charge is -2.15. The van der Waals surface area contributed by atoms with Crippen LogP contribution in [0.25, 0.3) is 22.3 Å². The molecule has 0 fully saturated rings. The van der Waals surface area contributed by atoms with E-state index in [9.17, 15) is 14.4 Å². The molecule has 2 amide bonds. The zero-order valence-corrected chi connectivity index (χ0v) is 18.5. The molecule has 4 rings (SSSR count). The van der Waals surface area contributed by atoms with Crippen LogP contribution in [0.2, 0.25) is 0 Å². The third-order valence-corrected chi connectivity index (χ3v) is 5.24. The number of para-hydroxylation sites is 3. The summed E-state index contributed by atoms with van der Waals surface area (Å²) in [5.41, 5.74) is 3.50. The highest BCUT2D eigenvalue weighted by Crippen LogP contribution is 2.27. The number of anilines is 2. The SMILES string of the molecule is CCC(=O)Nc1ccc(C)cc1-c1nc2ccccc2n(CC(=O)Nc2ccccc2)c1=O. The number of amides is 2. The summed E-state index contributed by atoms with van der Waals surface area (Å²) in [4.78, 5) is 43.1. The summed E-state index contributed by atoms with van der Waals surface area (Å²) in [5, 5.41) is 5.67. The second-order valence-corrected chi connectivity index (χ2v) is 7.71. The molecule has 7 heteroatoms. The van der Waals surface area contributed by atoms with Crippen LogP contribution in [0.3, 0.4) is 0 Å². The molecule has 3 aromatic carbocycles. The molecule has 0 aliphatic carbocycles. The molecule has 0 saturated heterocycles. The van der Waals surface area contributed by atoms with Crippen LogP contribution in [0.15, 0.2) is 77.6 Å². The maximum absolute atomic E-state index is 13.6. The van der Waals surface area contributed by atoms with Gasteiger partial charge < -0.3 is 10.6 Å². The Balaban J connectivity index is 1.83. The smallest absolute Gasteiger partial charge is 0.278 e. The van der Waals surface area contributed by atoms with Crippen LogP contribution in [0, 0.1) is 6.92 Å². The minimum Gasteiger partial charge on any atom is -0.325 e. The number of hydrogen-bond donors (Lipinski definition) is 2. The standard InChI is InChI=1S/C26H24N4O3/c1-3-23(31)28-20-14-13-17(2)15-19(20)25-26(33)30(22-12-8-7-11-21(22)29-25)16-24(32)27-18-9-5-4-6-10-18/h4-15H,3,16H2,1-2H3,(H,27,32)(H,28,31). The molecule has 0 saturated carbocycles. The lowest BCUT2D eigenvalue weighted by atomic mass is 10.1. The molecule has 7 nitrogen and oxygen atoms in total. The largest absolute Gasteiger partial charge is 0.325 e. The Hall–Kier alpha value is -4.26. The normalized spacial score (nSPS) is 10.7. The number of fused-ring (bicyclic) bond motifs is 1. The lowest BCUT2D eigenvalue weighted by Crippen LogP contribution is -2.30. The molecule has 1 heterocycles. The van der Waals surface area contributed by atoms with Gasteiger partial charge >= 0.3 is 0 Å². The lowest BCUT2D eigenvalue weighted by molar-refractivity contribution is -0.117. The van der Waals surface area contributed by atoms with E-state index in [-0.39, 0.29) is 24.1 Å². The number of carbonyl (C=O) groups is 2. The third kappa shape index (κ3) is 4.82. The first-order valence-corrected chi connectivity index (χ1v) is 10.7. The first-order chi connectivity index (χ1) is 16.0. The second kappa shape index (κ2) is 9.48. The number of nitrogens with one attached hydrogen (secondary N) is 2. The van der Waals surface area contributed by atoms with Crippen molar-refractivity contribution in [3.05, 3.63) is 88.7 Å². The molecule has 33 heavy (non-hydrogen) atoms. The quantitative estimate of drug-likeness (QED) is 0.466. The van der Waals surface area contributed by atoms with Crippen molar-refractivity contribution in [3.8, 4) is 11.3 Å². The van der Waals surface area contributed by atoms with E-state index in [1.165, 1.54) is 4.57 Å². The van der Waals surface area contributed by atoms with Gasteiger partial charge in [0, 0.05) is 17.7 Å².